The van der Waals surface area contributed by atoms with Crippen molar-refractivity contribution in [2.45, 2.75) is 45.4 Å². The van der Waals surface area contributed by atoms with Crippen LogP contribution >= 0.6 is 22.6 Å². The van der Waals surface area contributed by atoms with Gasteiger partial charge in [0.25, 0.3) is 0 Å². The molecule has 0 unspecified atom stereocenters. The Balaban J connectivity index is 2.07. The molecule has 2 N–H and O–H groups in total. The third-order valence-corrected chi connectivity index (χ3v) is 4.63. The van der Waals surface area contributed by atoms with Gasteiger partial charge in [-0.25, -0.2) is 4.79 Å². The molecule has 6 nitrogen and oxygen atoms in total. The van der Waals surface area contributed by atoms with Crippen molar-refractivity contribution in [3.63, 3.8) is 0 Å². The zero-order valence-electron chi connectivity index (χ0n) is 17.1. The molecule has 0 radical (unpaired) electrons. The number of rotatable bonds is 7. The minimum absolute atomic E-state index is 0.273. The number of halogens is 1. The van der Waals surface area contributed by atoms with Crippen LogP contribution in [0.3, 0.4) is 0 Å². The van der Waals surface area contributed by atoms with Gasteiger partial charge in [0, 0.05) is 16.5 Å². The van der Waals surface area contributed by atoms with E-state index in [-0.39, 0.29) is 5.91 Å². The van der Waals surface area contributed by atoms with Crippen LogP contribution in [0.2, 0.25) is 0 Å². The van der Waals surface area contributed by atoms with Crippen LogP contribution in [0.5, 0.6) is 5.75 Å². The first kappa shape index (κ1) is 23.0. The van der Waals surface area contributed by atoms with Crippen molar-refractivity contribution in [2.24, 2.45) is 0 Å². The smallest absolute Gasteiger partial charge is 0.408 e. The van der Waals surface area contributed by atoms with E-state index in [4.69, 9.17) is 9.47 Å². The number of alkyl carbamates (subject to hydrolysis) is 1. The highest BCUT2D eigenvalue weighted by Crippen LogP contribution is 2.13. The Kier molecular flexibility index (Phi) is 8.31. The molecule has 156 valence electrons. The molecule has 7 heteroatoms. The standard InChI is InChI=1S/C22H27IN2O4/c1-22(2,3)29-21(27)25-19(13-16-6-5-7-17(23)12-16)20(26)24-14-15-8-10-18(28-4)11-9-15/h5-12,19H,13-14H2,1-4H3,(H,24,26)(H,25,27)/t19-/m0/s1. The Bertz CT molecular complexity index is 831. The van der Waals surface area contributed by atoms with Crippen LogP contribution in [0.4, 0.5) is 4.79 Å². The van der Waals surface area contributed by atoms with Gasteiger partial charge >= 0.3 is 6.09 Å². The van der Waals surface area contributed by atoms with Gasteiger partial charge in [0.05, 0.1) is 7.11 Å². The van der Waals surface area contributed by atoms with Crippen molar-refractivity contribution >= 4 is 34.6 Å². The molecule has 2 amide bonds. The summed E-state index contributed by atoms with van der Waals surface area (Å²) >= 11 is 2.22. The van der Waals surface area contributed by atoms with Crippen LogP contribution < -0.4 is 15.4 Å². The van der Waals surface area contributed by atoms with E-state index in [0.29, 0.717) is 13.0 Å². The molecule has 0 aliphatic heterocycles. The minimum atomic E-state index is -0.749. The Morgan fingerprint density at radius 2 is 1.76 bits per heavy atom. The van der Waals surface area contributed by atoms with Gasteiger partial charge in [-0.1, -0.05) is 24.3 Å². The second kappa shape index (κ2) is 10.5. The van der Waals surface area contributed by atoms with E-state index in [0.717, 1.165) is 20.4 Å². The fourth-order valence-electron chi connectivity index (χ4n) is 2.61. The van der Waals surface area contributed by atoms with Crippen LogP contribution in [0.25, 0.3) is 0 Å². The molecule has 0 heterocycles. The number of ether oxygens (including phenoxy) is 2. The van der Waals surface area contributed by atoms with E-state index in [9.17, 15) is 9.59 Å². The summed E-state index contributed by atoms with van der Waals surface area (Å²) in [5, 5.41) is 5.59. The van der Waals surface area contributed by atoms with Crippen molar-refractivity contribution in [2.75, 3.05) is 7.11 Å². The molecular weight excluding hydrogens is 483 g/mol. The zero-order chi connectivity index (χ0) is 21.4. The molecule has 0 saturated heterocycles. The SMILES string of the molecule is COc1ccc(CNC(=O)[C@H](Cc2cccc(I)c2)NC(=O)OC(C)(C)C)cc1. The second-order valence-electron chi connectivity index (χ2n) is 7.60. The van der Waals surface area contributed by atoms with Crippen LogP contribution in [-0.2, 0) is 22.5 Å². The molecule has 2 rings (SSSR count). The molecule has 0 spiro atoms. The number of carbonyl (C=O) groups excluding carboxylic acids is 2. The van der Waals surface area contributed by atoms with E-state index < -0.39 is 17.7 Å². The quantitative estimate of drug-likeness (QED) is 0.552. The lowest BCUT2D eigenvalue weighted by Gasteiger charge is -2.23. The largest absolute Gasteiger partial charge is 0.497 e. The van der Waals surface area contributed by atoms with Gasteiger partial charge in [0.15, 0.2) is 0 Å². The number of amides is 2. The Morgan fingerprint density at radius 3 is 2.34 bits per heavy atom. The normalized spacial score (nSPS) is 12.0. The zero-order valence-corrected chi connectivity index (χ0v) is 19.3. The molecule has 29 heavy (non-hydrogen) atoms. The minimum Gasteiger partial charge on any atom is -0.497 e. The highest BCUT2D eigenvalue weighted by atomic mass is 127. The number of benzene rings is 2. The third-order valence-electron chi connectivity index (χ3n) is 3.96. The molecule has 0 fully saturated rings. The van der Waals surface area contributed by atoms with Crippen molar-refractivity contribution in [1.29, 1.82) is 0 Å². The summed E-state index contributed by atoms with van der Waals surface area (Å²) in [5.74, 6) is 0.480. The van der Waals surface area contributed by atoms with Crippen molar-refractivity contribution in [3.8, 4) is 5.75 Å². The van der Waals surface area contributed by atoms with Gasteiger partial charge in [0.2, 0.25) is 5.91 Å². The number of hydrogen-bond acceptors (Lipinski definition) is 4. The van der Waals surface area contributed by atoms with E-state index in [1.165, 1.54) is 0 Å². The maximum Gasteiger partial charge on any atom is 0.408 e. The van der Waals surface area contributed by atoms with Crippen molar-refractivity contribution in [3.05, 3.63) is 63.2 Å². The summed E-state index contributed by atoms with van der Waals surface area (Å²) in [4.78, 5) is 25.1. The van der Waals surface area contributed by atoms with Crippen LogP contribution in [0.1, 0.15) is 31.9 Å². The lowest BCUT2D eigenvalue weighted by Crippen LogP contribution is -2.49. The first-order chi connectivity index (χ1) is 13.7. The van der Waals surface area contributed by atoms with Crippen molar-refractivity contribution in [1.82, 2.24) is 10.6 Å². The van der Waals surface area contributed by atoms with Gasteiger partial charge in [-0.05, 0) is 78.8 Å². The van der Waals surface area contributed by atoms with E-state index in [2.05, 4.69) is 33.2 Å². The summed E-state index contributed by atoms with van der Waals surface area (Å²) in [6.45, 7) is 5.70. The maximum absolute atomic E-state index is 12.8. The Morgan fingerprint density at radius 1 is 1.07 bits per heavy atom. The van der Waals surface area contributed by atoms with E-state index in [1.807, 2.05) is 48.5 Å². The van der Waals surface area contributed by atoms with Gasteiger partial charge < -0.3 is 20.1 Å². The molecule has 0 saturated carbocycles. The van der Waals surface area contributed by atoms with Crippen LogP contribution in [0, 0.1) is 3.57 Å². The van der Waals surface area contributed by atoms with Gasteiger partial charge in [-0.15, -0.1) is 0 Å². The fourth-order valence-corrected chi connectivity index (χ4v) is 3.22. The summed E-state index contributed by atoms with van der Waals surface area (Å²) in [6, 6.07) is 14.5. The van der Waals surface area contributed by atoms with E-state index >= 15 is 0 Å². The molecule has 2 aromatic rings. The summed E-state index contributed by atoms with van der Waals surface area (Å²) < 4.78 is 11.5. The third kappa shape index (κ3) is 8.31. The van der Waals surface area contributed by atoms with Crippen LogP contribution in [-0.4, -0.2) is 30.8 Å². The monoisotopic (exact) mass is 510 g/mol. The summed E-state index contributed by atoms with van der Waals surface area (Å²) in [7, 11) is 1.61. The van der Waals surface area contributed by atoms with Gasteiger partial charge in [-0.2, -0.15) is 0 Å². The van der Waals surface area contributed by atoms with Gasteiger partial charge in [0.1, 0.15) is 17.4 Å². The predicted octanol–water partition coefficient (Wildman–Crippen LogP) is 4.05. The van der Waals surface area contributed by atoms with Crippen LogP contribution in [0.15, 0.2) is 48.5 Å². The molecule has 0 aromatic heterocycles. The average Bonchev–Trinajstić information content (AvgIpc) is 2.64. The van der Waals surface area contributed by atoms with Gasteiger partial charge in [-0.3, -0.25) is 4.79 Å². The molecule has 1 atom stereocenters. The fraction of sp³-hybridized carbons (Fsp3) is 0.364. The first-order valence-corrected chi connectivity index (χ1v) is 10.4. The average molecular weight is 510 g/mol. The molecule has 2 aromatic carbocycles. The molecule has 0 bridgehead atoms. The number of carbonyl (C=O) groups is 2. The molecule has 0 aliphatic carbocycles. The maximum atomic E-state index is 12.8. The Hall–Kier alpha value is -2.29. The predicted molar refractivity (Wildman–Crippen MR) is 121 cm³/mol. The summed E-state index contributed by atoms with van der Waals surface area (Å²) in [6.07, 6.45) is -0.252. The van der Waals surface area contributed by atoms with Crippen molar-refractivity contribution < 1.29 is 19.1 Å². The second-order valence-corrected chi connectivity index (χ2v) is 8.84. The first-order valence-electron chi connectivity index (χ1n) is 9.31. The topological polar surface area (TPSA) is 76.7 Å². The highest BCUT2D eigenvalue weighted by Gasteiger charge is 2.24. The lowest BCUT2D eigenvalue weighted by molar-refractivity contribution is -0.123. The number of methoxy groups -OCH3 is 1. The molecular formula is C22H27IN2O4. The lowest BCUT2D eigenvalue weighted by atomic mass is 10.1. The number of hydrogen-bond donors (Lipinski definition) is 2. The summed E-state index contributed by atoms with van der Waals surface area (Å²) in [5.41, 5.74) is 1.25. The highest BCUT2D eigenvalue weighted by molar-refractivity contribution is 14.1. The number of nitrogens with one attached hydrogen (secondary N) is 2. The Labute approximate surface area is 185 Å². The molecule has 0 aliphatic rings. The van der Waals surface area contributed by atoms with E-state index in [1.54, 1.807) is 27.9 Å².